The van der Waals surface area contributed by atoms with E-state index < -0.39 is 5.63 Å². The minimum absolute atomic E-state index is 0.00733. The van der Waals surface area contributed by atoms with Gasteiger partial charge in [0.15, 0.2) is 0 Å². The summed E-state index contributed by atoms with van der Waals surface area (Å²) < 4.78 is 5.19. The van der Waals surface area contributed by atoms with Gasteiger partial charge in [0.05, 0.1) is 5.71 Å². The van der Waals surface area contributed by atoms with Crippen LogP contribution in [0.25, 0.3) is 11.1 Å². The number of piperidine rings is 1. The van der Waals surface area contributed by atoms with Crippen LogP contribution in [0.15, 0.2) is 37.5 Å². The number of hydrogen-bond acceptors (Lipinski definition) is 7. The summed E-state index contributed by atoms with van der Waals surface area (Å²) in [6.07, 6.45) is 8.42. The van der Waals surface area contributed by atoms with Crippen molar-refractivity contribution in [3.63, 3.8) is 0 Å². The number of hydrogen-bond donors (Lipinski definition) is 1. The summed E-state index contributed by atoms with van der Waals surface area (Å²) in [5.41, 5.74) is 1.88. The summed E-state index contributed by atoms with van der Waals surface area (Å²) in [7, 11) is 0. The maximum Gasteiger partial charge on any atom is 0.337 e. The molecule has 2 saturated heterocycles. The standard InChI is InChI=1S/C23H30N4O4/c1-4-6-7-8-15-11-19(28)30-22-20(15)21(29)24-23(25-22)31-26-16-12-17-9-10-18(13-16)27(17)14(3)5-2/h11,17-18H,3-10,12-13H2,1-2H3,(H,24,25,29). The first-order chi connectivity index (χ1) is 15.0. The highest BCUT2D eigenvalue weighted by atomic mass is 16.6. The Labute approximate surface area is 181 Å². The molecule has 0 aliphatic carbocycles. The fraction of sp³-hybridized carbons (Fsp3) is 0.565. The highest BCUT2D eigenvalue weighted by Crippen LogP contribution is 2.37. The second-order valence-corrected chi connectivity index (χ2v) is 8.47. The largest absolute Gasteiger partial charge is 0.403 e. The quantitative estimate of drug-likeness (QED) is 0.508. The monoisotopic (exact) mass is 426 g/mol. The summed E-state index contributed by atoms with van der Waals surface area (Å²) in [5, 5.41) is 4.58. The number of rotatable bonds is 8. The van der Waals surface area contributed by atoms with Gasteiger partial charge < -0.3 is 14.2 Å². The second kappa shape index (κ2) is 9.08. The van der Waals surface area contributed by atoms with Crippen LogP contribution in [0.4, 0.5) is 0 Å². The fourth-order valence-electron chi connectivity index (χ4n) is 4.81. The number of oxime groups is 1. The third-order valence-electron chi connectivity index (χ3n) is 6.32. The zero-order valence-corrected chi connectivity index (χ0v) is 18.3. The van der Waals surface area contributed by atoms with Gasteiger partial charge in [0.1, 0.15) is 5.39 Å². The number of aromatic amines is 1. The van der Waals surface area contributed by atoms with E-state index in [-0.39, 0.29) is 17.3 Å². The van der Waals surface area contributed by atoms with E-state index in [1.165, 1.54) is 11.8 Å². The molecular weight excluding hydrogens is 396 g/mol. The highest BCUT2D eigenvalue weighted by Gasteiger charge is 2.39. The molecule has 8 heteroatoms. The zero-order valence-electron chi connectivity index (χ0n) is 18.3. The third kappa shape index (κ3) is 4.43. The molecule has 0 saturated carbocycles. The zero-order chi connectivity index (χ0) is 22.0. The van der Waals surface area contributed by atoms with Crippen molar-refractivity contribution in [1.82, 2.24) is 14.9 Å². The normalized spacial score (nSPS) is 20.3. The number of aryl methyl sites for hydroxylation is 1. The number of allylic oxidation sites excluding steroid dienone is 1. The maximum absolute atomic E-state index is 12.7. The molecule has 2 aliphatic heterocycles. The van der Waals surface area contributed by atoms with Crippen molar-refractivity contribution in [2.45, 2.75) is 83.7 Å². The molecule has 8 nitrogen and oxygen atoms in total. The number of aromatic nitrogens is 2. The van der Waals surface area contributed by atoms with E-state index in [1.54, 1.807) is 0 Å². The van der Waals surface area contributed by atoms with E-state index in [4.69, 9.17) is 9.25 Å². The molecule has 1 N–H and O–H groups in total. The first-order valence-corrected chi connectivity index (χ1v) is 11.3. The molecule has 2 aliphatic rings. The minimum atomic E-state index is -0.519. The average Bonchev–Trinajstić information content (AvgIpc) is 3.01. The molecule has 0 radical (unpaired) electrons. The molecule has 4 rings (SSSR count). The van der Waals surface area contributed by atoms with Gasteiger partial charge in [-0.3, -0.25) is 9.78 Å². The SMILES string of the molecule is C=C(CC)N1C2CCC1CC(=NOc1nc3oc(=O)cc(CCCCC)c3c(=O)[nH]1)C2. The smallest absolute Gasteiger partial charge is 0.337 e. The highest BCUT2D eigenvalue weighted by molar-refractivity contribution is 5.86. The minimum Gasteiger partial charge on any atom is -0.403 e. The Bertz CT molecular complexity index is 1100. The van der Waals surface area contributed by atoms with Gasteiger partial charge in [-0.25, -0.2) is 4.79 Å². The number of fused-ring (bicyclic) bond motifs is 3. The number of nitrogens with one attached hydrogen (secondary N) is 1. The molecule has 2 aromatic heterocycles. The van der Waals surface area contributed by atoms with E-state index in [0.717, 1.165) is 57.1 Å². The molecule has 2 aromatic rings. The lowest BCUT2D eigenvalue weighted by atomic mass is 9.99. The van der Waals surface area contributed by atoms with Crippen LogP contribution in [0.3, 0.4) is 0 Å². The molecule has 2 fully saturated rings. The van der Waals surface area contributed by atoms with Gasteiger partial charge in [-0.1, -0.05) is 38.4 Å². The van der Waals surface area contributed by atoms with Crippen molar-refractivity contribution in [2.24, 2.45) is 5.16 Å². The number of H-pyrrole nitrogens is 1. The molecule has 2 bridgehead atoms. The van der Waals surface area contributed by atoms with Crippen molar-refractivity contribution in [3.05, 3.63) is 44.7 Å². The predicted octanol–water partition coefficient (Wildman–Crippen LogP) is 3.89. The van der Waals surface area contributed by atoms with Crippen LogP contribution in [-0.4, -0.2) is 32.7 Å². The van der Waals surface area contributed by atoms with Gasteiger partial charge >= 0.3 is 11.6 Å². The van der Waals surface area contributed by atoms with Crippen LogP contribution in [0.2, 0.25) is 0 Å². The summed E-state index contributed by atoms with van der Waals surface area (Å²) in [6.45, 7) is 8.43. The van der Waals surface area contributed by atoms with Crippen LogP contribution >= 0.6 is 0 Å². The molecule has 0 amide bonds. The van der Waals surface area contributed by atoms with Crippen molar-refractivity contribution in [2.75, 3.05) is 0 Å². The third-order valence-corrected chi connectivity index (χ3v) is 6.32. The van der Waals surface area contributed by atoms with Crippen molar-refractivity contribution < 1.29 is 9.25 Å². The Morgan fingerprint density at radius 3 is 2.71 bits per heavy atom. The lowest BCUT2D eigenvalue weighted by Gasteiger charge is -2.38. The lowest BCUT2D eigenvalue weighted by Crippen LogP contribution is -2.42. The average molecular weight is 427 g/mol. The Balaban J connectivity index is 1.54. The molecule has 2 unspecified atom stereocenters. The summed E-state index contributed by atoms with van der Waals surface area (Å²) >= 11 is 0. The van der Waals surface area contributed by atoms with Crippen LogP contribution in [-0.2, 0) is 6.42 Å². The molecule has 4 heterocycles. The van der Waals surface area contributed by atoms with Crippen LogP contribution in [0.1, 0.15) is 70.8 Å². The van der Waals surface area contributed by atoms with Gasteiger partial charge in [0, 0.05) is 36.7 Å². The van der Waals surface area contributed by atoms with E-state index >= 15 is 0 Å². The van der Waals surface area contributed by atoms with Crippen molar-refractivity contribution in [1.29, 1.82) is 0 Å². The lowest BCUT2D eigenvalue weighted by molar-refractivity contribution is 0.228. The number of unbranched alkanes of at least 4 members (excludes halogenated alkanes) is 2. The van der Waals surface area contributed by atoms with Gasteiger partial charge in [0.2, 0.25) is 5.71 Å². The van der Waals surface area contributed by atoms with E-state index in [2.05, 4.69) is 40.4 Å². The summed E-state index contributed by atoms with van der Waals surface area (Å²) in [4.78, 5) is 39.4. The van der Waals surface area contributed by atoms with E-state index in [9.17, 15) is 9.59 Å². The molecule has 0 spiro atoms. The van der Waals surface area contributed by atoms with Gasteiger partial charge in [-0.2, -0.15) is 4.98 Å². The number of nitrogens with zero attached hydrogens (tertiary/aromatic N) is 3. The molecule has 0 aromatic carbocycles. The van der Waals surface area contributed by atoms with Crippen LogP contribution < -0.4 is 16.0 Å². The van der Waals surface area contributed by atoms with Crippen molar-refractivity contribution >= 4 is 16.8 Å². The Morgan fingerprint density at radius 1 is 1.29 bits per heavy atom. The maximum atomic E-state index is 12.7. The van der Waals surface area contributed by atoms with E-state index in [0.29, 0.717) is 29.5 Å². The first kappa shape index (κ1) is 21.3. The molecular formula is C23H30N4O4. The molecule has 2 atom stereocenters. The van der Waals surface area contributed by atoms with Crippen molar-refractivity contribution in [3.8, 4) is 6.01 Å². The Morgan fingerprint density at radius 2 is 2.03 bits per heavy atom. The summed E-state index contributed by atoms with van der Waals surface area (Å²) in [5.74, 6) is 0. The van der Waals surface area contributed by atoms with Crippen LogP contribution in [0.5, 0.6) is 6.01 Å². The first-order valence-electron chi connectivity index (χ1n) is 11.3. The molecule has 166 valence electrons. The predicted molar refractivity (Wildman–Crippen MR) is 120 cm³/mol. The van der Waals surface area contributed by atoms with Gasteiger partial charge in [-0.15, -0.1) is 0 Å². The fourth-order valence-corrected chi connectivity index (χ4v) is 4.81. The summed E-state index contributed by atoms with van der Waals surface area (Å²) in [6, 6.07) is 2.12. The van der Waals surface area contributed by atoms with Gasteiger partial charge in [-0.05, 0) is 37.7 Å². The Kier molecular flexibility index (Phi) is 6.25. The van der Waals surface area contributed by atoms with Crippen LogP contribution in [0, 0.1) is 0 Å². The van der Waals surface area contributed by atoms with E-state index in [1.807, 2.05) is 0 Å². The molecule has 31 heavy (non-hydrogen) atoms. The topological polar surface area (TPSA) is 101 Å². The Hall–Kier alpha value is -2.90. The van der Waals surface area contributed by atoms with Gasteiger partial charge in [0.25, 0.3) is 5.56 Å². The second-order valence-electron chi connectivity index (χ2n) is 8.47.